The van der Waals surface area contributed by atoms with Crippen LogP contribution in [0, 0.1) is 5.82 Å². The van der Waals surface area contributed by atoms with E-state index in [-0.39, 0.29) is 16.8 Å². The number of halogens is 1. The van der Waals surface area contributed by atoms with Crippen molar-refractivity contribution in [1.29, 1.82) is 0 Å². The van der Waals surface area contributed by atoms with Crippen molar-refractivity contribution in [1.82, 2.24) is 4.31 Å². The molecule has 1 aliphatic heterocycles. The number of carbonyl (C=O) groups excluding carboxylic acids is 2. The van der Waals surface area contributed by atoms with Crippen LogP contribution in [0.2, 0.25) is 0 Å². The molecule has 1 saturated heterocycles. The highest BCUT2D eigenvalue weighted by Crippen LogP contribution is 2.27. The summed E-state index contributed by atoms with van der Waals surface area (Å²) in [6, 6.07) is 13.7. The van der Waals surface area contributed by atoms with Crippen LogP contribution in [0.3, 0.4) is 0 Å². The normalized spacial score (nSPS) is 14.4. The number of ether oxygens (including phenoxy) is 1. The molecule has 0 saturated carbocycles. The van der Waals surface area contributed by atoms with Gasteiger partial charge in [-0.05, 0) is 53.9 Å². The number of nitrogens with one attached hydrogen (secondary N) is 1. The maximum Gasteiger partial charge on any atom is 0.339 e. The minimum atomic E-state index is -4.05. The number of methoxy groups -OCH3 is 1. The van der Waals surface area contributed by atoms with Crippen LogP contribution >= 0.6 is 0 Å². The number of esters is 1. The summed E-state index contributed by atoms with van der Waals surface area (Å²) >= 11 is 0. The van der Waals surface area contributed by atoms with E-state index < -0.39 is 32.6 Å². The molecule has 1 aliphatic rings. The van der Waals surface area contributed by atoms with Crippen LogP contribution in [0.5, 0.6) is 0 Å². The van der Waals surface area contributed by atoms with E-state index in [1.54, 1.807) is 12.1 Å². The monoisotopic (exact) mass is 456 g/mol. The maximum atomic E-state index is 14.4. The highest BCUT2D eigenvalue weighted by atomic mass is 32.2. The highest BCUT2D eigenvalue weighted by Gasteiger charge is 2.30. The molecule has 9 heteroatoms. The number of hydrogen-bond acceptors (Lipinski definition) is 5. The van der Waals surface area contributed by atoms with Crippen molar-refractivity contribution < 1.29 is 27.1 Å². The zero-order valence-electron chi connectivity index (χ0n) is 17.3. The average molecular weight is 456 g/mol. The van der Waals surface area contributed by atoms with Crippen LogP contribution in [0.15, 0.2) is 59.5 Å². The lowest BCUT2D eigenvalue weighted by Crippen LogP contribution is -2.29. The SMILES string of the molecule is COC(=O)c1cc2ccccc2cc1NC(=O)c1ccc(F)c(S(=O)(=O)N2CCCC2)c1. The summed E-state index contributed by atoms with van der Waals surface area (Å²) in [5.74, 6) is -2.24. The molecule has 0 aliphatic carbocycles. The molecule has 3 aromatic rings. The van der Waals surface area contributed by atoms with Gasteiger partial charge in [0.05, 0.1) is 18.4 Å². The van der Waals surface area contributed by atoms with Crippen molar-refractivity contribution >= 4 is 38.4 Å². The van der Waals surface area contributed by atoms with Gasteiger partial charge in [-0.2, -0.15) is 4.31 Å². The maximum absolute atomic E-state index is 14.4. The lowest BCUT2D eigenvalue weighted by molar-refractivity contribution is 0.0602. The van der Waals surface area contributed by atoms with E-state index in [1.807, 2.05) is 24.3 Å². The van der Waals surface area contributed by atoms with Crippen LogP contribution in [0.25, 0.3) is 10.8 Å². The Hall–Kier alpha value is -3.30. The van der Waals surface area contributed by atoms with Crippen molar-refractivity contribution in [3.63, 3.8) is 0 Å². The van der Waals surface area contributed by atoms with Gasteiger partial charge in [0, 0.05) is 18.7 Å². The Morgan fingerprint density at radius 3 is 2.31 bits per heavy atom. The van der Waals surface area contributed by atoms with Crippen LogP contribution < -0.4 is 5.32 Å². The zero-order valence-corrected chi connectivity index (χ0v) is 18.1. The van der Waals surface area contributed by atoms with Gasteiger partial charge in [0.1, 0.15) is 10.7 Å². The summed E-state index contributed by atoms with van der Waals surface area (Å²) in [5.41, 5.74) is 0.300. The minimum absolute atomic E-state index is 0.0480. The molecule has 32 heavy (non-hydrogen) atoms. The highest BCUT2D eigenvalue weighted by molar-refractivity contribution is 7.89. The fraction of sp³-hybridized carbons (Fsp3) is 0.217. The smallest absolute Gasteiger partial charge is 0.339 e. The van der Waals surface area contributed by atoms with Crippen molar-refractivity contribution in [2.24, 2.45) is 0 Å². The van der Waals surface area contributed by atoms with Crippen molar-refractivity contribution in [2.75, 3.05) is 25.5 Å². The lowest BCUT2D eigenvalue weighted by Gasteiger charge is -2.17. The fourth-order valence-corrected chi connectivity index (χ4v) is 5.33. The third-order valence-corrected chi connectivity index (χ3v) is 7.33. The summed E-state index contributed by atoms with van der Waals surface area (Å²) in [7, 11) is -2.81. The first-order valence-corrected chi connectivity index (χ1v) is 11.5. The summed E-state index contributed by atoms with van der Waals surface area (Å²) in [6.07, 6.45) is 1.42. The van der Waals surface area contributed by atoms with E-state index in [4.69, 9.17) is 4.74 Å². The first-order chi connectivity index (χ1) is 15.3. The quantitative estimate of drug-likeness (QED) is 0.590. The van der Waals surface area contributed by atoms with Gasteiger partial charge in [0.15, 0.2) is 0 Å². The lowest BCUT2D eigenvalue weighted by atomic mass is 10.0. The van der Waals surface area contributed by atoms with Crippen LogP contribution in [-0.4, -0.2) is 44.8 Å². The second-order valence-corrected chi connectivity index (χ2v) is 9.35. The van der Waals surface area contributed by atoms with E-state index >= 15 is 0 Å². The Morgan fingerprint density at radius 1 is 1.00 bits per heavy atom. The van der Waals surface area contributed by atoms with Gasteiger partial charge in [-0.1, -0.05) is 24.3 Å². The number of hydrogen-bond donors (Lipinski definition) is 1. The molecule has 4 rings (SSSR count). The predicted molar refractivity (Wildman–Crippen MR) is 118 cm³/mol. The Morgan fingerprint density at radius 2 is 1.66 bits per heavy atom. The first kappa shape index (κ1) is 21.9. The number of amides is 1. The van der Waals surface area contributed by atoms with Crippen molar-refractivity contribution in [2.45, 2.75) is 17.7 Å². The number of rotatable bonds is 5. The molecule has 166 valence electrons. The molecule has 1 heterocycles. The third kappa shape index (κ3) is 4.09. The van der Waals surface area contributed by atoms with E-state index in [0.717, 1.165) is 22.9 Å². The minimum Gasteiger partial charge on any atom is -0.465 e. The van der Waals surface area contributed by atoms with Crippen LogP contribution in [0.1, 0.15) is 33.6 Å². The van der Waals surface area contributed by atoms with E-state index in [9.17, 15) is 22.4 Å². The molecule has 0 aromatic heterocycles. The van der Waals surface area contributed by atoms with E-state index in [0.29, 0.717) is 25.9 Å². The molecule has 1 fully saturated rings. The second kappa shape index (κ2) is 8.68. The van der Waals surface area contributed by atoms with Gasteiger partial charge >= 0.3 is 5.97 Å². The molecule has 1 amide bonds. The topological polar surface area (TPSA) is 92.8 Å². The fourth-order valence-electron chi connectivity index (χ4n) is 3.73. The number of fused-ring (bicyclic) bond motifs is 1. The molecule has 0 spiro atoms. The number of sulfonamides is 1. The van der Waals surface area contributed by atoms with E-state index in [1.165, 1.54) is 17.5 Å². The Bertz CT molecular complexity index is 1320. The summed E-state index contributed by atoms with van der Waals surface area (Å²) in [4.78, 5) is 24.7. The largest absolute Gasteiger partial charge is 0.465 e. The van der Waals surface area contributed by atoms with Gasteiger partial charge < -0.3 is 10.1 Å². The number of anilines is 1. The third-order valence-electron chi connectivity index (χ3n) is 5.42. The van der Waals surface area contributed by atoms with Gasteiger partial charge in [0.2, 0.25) is 10.0 Å². The molecule has 7 nitrogen and oxygen atoms in total. The standard InChI is InChI=1S/C23H21FN2O5S/c1-31-23(28)18-12-15-6-2-3-7-16(15)13-20(18)25-22(27)17-8-9-19(24)21(14-17)32(29,30)26-10-4-5-11-26/h2-3,6-9,12-14H,4-5,10-11H2,1H3,(H,25,27). The summed E-state index contributed by atoms with van der Waals surface area (Å²) in [6.45, 7) is 0.634. The molecular formula is C23H21FN2O5S. The Labute approximate surface area is 184 Å². The number of carbonyl (C=O) groups is 2. The second-order valence-electron chi connectivity index (χ2n) is 7.45. The molecule has 3 aromatic carbocycles. The molecule has 0 atom stereocenters. The van der Waals surface area contributed by atoms with Gasteiger partial charge in [-0.15, -0.1) is 0 Å². The van der Waals surface area contributed by atoms with Gasteiger partial charge in [0.25, 0.3) is 5.91 Å². The first-order valence-electron chi connectivity index (χ1n) is 10.0. The van der Waals surface area contributed by atoms with E-state index in [2.05, 4.69) is 5.32 Å². The molecular weight excluding hydrogens is 435 g/mol. The van der Waals surface area contributed by atoms with Crippen molar-refractivity contribution in [3.05, 3.63) is 71.5 Å². The predicted octanol–water partition coefficient (Wildman–Crippen LogP) is 3.80. The van der Waals surface area contributed by atoms with Crippen molar-refractivity contribution in [3.8, 4) is 0 Å². The van der Waals surface area contributed by atoms with Crippen LogP contribution in [0.4, 0.5) is 10.1 Å². The zero-order chi connectivity index (χ0) is 22.9. The molecule has 0 unspecified atom stereocenters. The summed E-state index contributed by atoms with van der Waals surface area (Å²) in [5, 5.41) is 4.20. The number of nitrogens with zero attached hydrogens (tertiary/aromatic N) is 1. The average Bonchev–Trinajstić information content (AvgIpc) is 3.34. The van der Waals surface area contributed by atoms with Crippen LogP contribution in [-0.2, 0) is 14.8 Å². The number of benzene rings is 3. The van der Waals surface area contributed by atoms with Gasteiger partial charge in [-0.3, -0.25) is 4.79 Å². The Balaban J connectivity index is 1.70. The summed E-state index contributed by atoms with van der Waals surface area (Å²) < 4.78 is 46.1. The molecule has 0 radical (unpaired) electrons. The molecule has 0 bridgehead atoms. The van der Waals surface area contributed by atoms with Gasteiger partial charge in [-0.25, -0.2) is 17.6 Å². The Kier molecular flexibility index (Phi) is 5.94. The molecule has 1 N–H and O–H groups in total.